The highest BCUT2D eigenvalue weighted by Gasteiger charge is 2.22. The number of rotatable bonds is 5. The number of nitrogens with zero attached hydrogens (tertiary/aromatic N) is 2. The Morgan fingerprint density at radius 1 is 1.35 bits per heavy atom. The minimum atomic E-state index is 0.344. The number of hydrogen-bond donors (Lipinski definition) is 1. The Hall–Kier alpha value is -1.30. The summed E-state index contributed by atoms with van der Waals surface area (Å²) in [6.07, 6.45) is 2.67. The van der Waals surface area contributed by atoms with E-state index in [4.69, 9.17) is 4.74 Å². The molecule has 1 aliphatic rings. The fourth-order valence-corrected chi connectivity index (χ4v) is 3.19. The van der Waals surface area contributed by atoms with Crippen molar-refractivity contribution in [2.75, 3.05) is 6.61 Å². The van der Waals surface area contributed by atoms with Crippen molar-refractivity contribution >= 4 is 11.3 Å². The number of ether oxygens (including phenoxy) is 1. The number of aromatic nitrogens is 2. The van der Waals surface area contributed by atoms with E-state index in [2.05, 4.69) is 34.6 Å². The van der Waals surface area contributed by atoms with E-state index >= 15 is 0 Å². The molecule has 20 heavy (non-hydrogen) atoms. The predicted molar refractivity (Wildman–Crippen MR) is 80.6 cm³/mol. The lowest BCUT2D eigenvalue weighted by Gasteiger charge is -2.19. The summed E-state index contributed by atoms with van der Waals surface area (Å²) in [6, 6.07) is 10.5. The number of nitrogens with one attached hydrogen (secondary N) is 1. The van der Waals surface area contributed by atoms with Crippen molar-refractivity contribution in [3.05, 3.63) is 35.3 Å². The summed E-state index contributed by atoms with van der Waals surface area (Å²) in [5.74, 6) is 0. The molecule has 106 valence electrons. The summed E-state index contributed by atoms with van der Waals surface area (Å²) in [5.41, 5.74) is 1.13. The van der Waals surface area contributed by atoms with Crippen molar-refractivity contribution in [2.45, 2.75) is 38.5 Å². The van der Waals surface area contributed by atoms with Gasteiger partial charge in [0.05, 0.1) is 12.6 Å². The maximum Gasteiger partial charge on any atom is 0.147 e. The molecular weight excluding hydrogens is 270 g/mol. The molecule has 0 unspecified atom stereocenters. The Bertz CT molecular complexity index is 537. The molecule has 0 saturated carbocycles. The second-order valence-electron chi connectivity index (χ2n) is 5.09. The van der Waals surface area contributed by atoms with Gasteiger partial charge in [-0.3, -0.25) is 0 Å². The van der Waals surface area contributed by atoms with Gasteiger partial charge in [0.1, 0.15) is 10.0 Å². The van der Waals surface area contributed by atoms with Gasteiger partial charge in [-0.05, 0) is 19.8 Å². The highest BCUT2D eigenvalue weighted by Crippen LogP contribution is 2.23. The molecule has 3 rings (SSSR count). The summed E-state index contributed by atoms with van der Waals surface area (Å²) in [7, 11) is 0. The molecule has 2 heterocycles. The van der Waals surface area contributed by atoms with Gasteiger partial charge in [-0.15, -0.1) is 10.2 Å². The third-order valence-corrected chi connectivity index (χ3v) is 4.56. The fraction of sp³-hybridized carbons (Fsp3) is 0.467. The Balaban J connectivity index is 1.57. The summed E-state index contributed by atoms with van der Waals surface area (Å²) < 4.78 is 5.68. The number of benzene rings is 1. The average Bonchev–Trinajstić information content (AvgIpc) is 3.17. The zero-order chi connectivity index (χ0) is 13.8. The fourth-order valence-electron chi connectivity index (χ4n) is 2.40. The van der Waals surface area contributed by atoms with Gasteiger partial charge in [0.25, 0.3) is 0 Å². The van der Waals surface area contributed by atoms with Crippen LogP contribution in [0.3, 0.4) is 0 Å². The smallest absolute Gasteiger partial charge is 0.147 e. The molecular formula is C15H19N3OS. The monoisotopic (exact) mass is 289 g/mol. The quantitative estimate of drug-likeness (QED) is 0.919. The minimum absolute atomic E-state index is 0.344. The molecule has 0 amide bonds. The SMILES string of the molecule is C[C@H](NCc1nnc(-c2ccccc2)s1)[C@@H]1CCCO1. The minimum Gasteiger partial charge on any atom is -0.377 e. The van der Waals surface area contributed by atoms with Crippen LogP contribution in [0.1, 0.15) is 24.8 Å². The van der Waals surface area contributed by atoms with Crippen LogP contribution in [0, 0.1) is 0 Å². The molecule has 1 aromatic heterocycles. The first-order chi connectivity index (χ1) is 9.83. The van der Waals surface area contributed by atoms with Crippen LogP contribution in [0.15, 0.2) is 30.3 Å². The molecule has 1 aliphatic heterocycles. The van der Waals surface area contributed by atoms with E-state index in [1.807, 2.05) is 18.2 Å². The zero-order valence-corrected chi connectivity index (χ0v) is 12.4. The Morgan fingerprint density at radius 3 is 2.95 bits per heavy atom. The molecule has 4 nitrogen and oxygen atoms in total. The van der Waals surface area contributed by atoms with Crippen LogP contribution in [0.4, 0.5) is 0 Å². The first-order valence-corrected chi connectivity index (χ1v) is 7.87. The van der Waals surface area contributed by atoms with E-state index in [1.54, 1.807) is 11.3 Å². The molecule has 1 saturated heterocycles. The molecule has 0 radical (unpaired) electrons. The van der Waals surface area contributed by atoms with E-state index in [1.165, 1.54) is 6.42 Å². The van der Waals surface area contributed by atoms with Crippen molar-refractivity contribution in [1.82, 2.24) is 15.5 Å². The molecule has 1 fully saturated rings. The van der Waals surface area contributed by atoms with Gasteiger partial charge in [-0.25, -0.2) is 0 Å². The van der Waals surface area contributed by atoms with E-state index < -0.39 is 0 Å². The van der Waals surface area contributed by atoms with Crippen molar-refractivity contribution in [1.29, 1.82) is 0 Å². The molecule has 0 bridgehead atoms. The van der Waals surface area contributed by atoms with E-state index in [0.717, 1.165) is 35.2 Å². The first-order valence-electron chi connectivity index (χ1n) is 7.06. The van der Waals surface area contributed by atoms with Crippen LogP contribution < -0.4 is 5.32 Å². The van der Waals surface area contributed by atoms with Gasteiger partial charge >= 0.3 is 0 Å². The van der Waals surface area contributed by atoms with Gasteiger partial charge in [0.2, 0.25) is 0 Å². The lowest BCUT2D eigenvalue weighted by atomic mass is 10.1. The predicted octanol–water partition coefficient (Wildman–Crippen LogP) is 2.86. The van der Waals surface area contributed by atoms with Gasteiger partial charge in [0, 0.05) is 18.2 Å². The first kappa shape index (κ1) is 13.7. The van der Waals surface area contributed by atoms with Crippen LogP contribution in [0.25, 0.3) is 10.6 Å². The van der Waals surface area contributed by atoms with Gasteiger partial charge in [-0.1, -0.05) is 41.7 Å². The van der Waals surface area contributed by atoms with Crippen molar-refractivity contribution in [3.8, 4) is 10.6 Å². The summed E-state index contributed by atoms with van der Waals surface area (Å²) in [6.45, 7) is 3.83. The van der Waals surface area contributed by atoms with Crippen LogP contribution in [-0.4, -0.2) is 29.0 Å². The van der Waals surface area contributed by atoms with Gasteiger partial charge < -0.3 is 10.1 Å². The largest absolute Gasteiger partial charge is 0.377 e. The van der Waals surface area contributed by atoms with Crippen molar-refractivity contribution in [3.63, 3.8) is 0 Å². The average molecular weight is 289 g/mol. The lowest BCUT2D eigenvalue weighted by Crippen LogP contribution is -2.36. The van der Waals surface area contributed by atoms with E-state index in [-0.39, 0.29) is 0 Å². The second-order valence-corrected chi connectivity index (χ2v) is 6.15. The highest BCUT2D eigenvalue weighted by atomic mass is 32.1. The highest BCUT2D eigenvalue weighted by molar-refractivity contribution is 7.14. The third kappa shape index (κ3) is 3.23. The Labute approximate surface area is 123 Å². The maximum atomic E-state index is 5.68. The molecule has 1 aromatic carbocycles. The Kier molecular flexibility index (Phi) is 4.40. The molecule has 2 atom stereocenters. The third-order valence-electron chi connectivity index (χ3n) is 3.59. The zero-order valence-electron chi connectivity index (χ0n) is 11.6. The molecule has 1 N–H and O–H groups in total. The molecule has 5 heteroatoms. The van der Waals surface area contributed by atoms with Crippen LogP contribution >= 0.6 is 11.3 Å². The Morgan fingerprint density at radius 2 is 2.20 bits per heavy atom. The standard InChI is InChI=1S/C15H19N3OS/c1-11(13-8-5-9-19-13)16-10-14-17-18-15(20-14)12-6-3-2-4-7-12/h2-4,6-7,11,13,16H,5,8-10H2,1H3/t11-,13-/m0/s1. The molecule has 2 aromatic rings. The van der Waals surface area contributed by atoms with Crippen molar-refractivity contribution in [2.24, 2.45) is 0 Å². The summed E-state index contributed by atoms with van der Waals surface area (Å²) in [4.78, 5) is 0. The van der Waals surface area contributed by atoms with Crippen LogP contribution in [-0.2, 0) is 11.3 Å². The van der Waals surface area contributed by atoms with Gasteiger partial charge in [-0.2, -0.15) is 0 Å². The van der Waals surface area contributed by atoms with Crippen LogP contribution in [0.5, 0.6) is 0 Å². The van der Waals surface area contributed by atoms with Gasteiger partial charge in [0.15, 0.2) is 0 Å². The maximum absolute atomic E-state index is 5.68. The van der Waals surface area contributed by atoms with Crippen molar-refractivity contribution < 1.29 is 4.74 Å². The summed E-state index contributed by atoms with van der Waals surface area (Å²) in [5, 5.41) is 14.0. The second kappa shape index (κ2) is 6.43. The topological polar surface area (TPSA) is 47.0 Å². The summed E-state index contributed by atoms with van der Waals surface area (Å²) >= 11 is 1.64. The molecule has 0 spiro atoms. The van der Waals surface area contributed by atoms with E-state index in [9.17, 15) is 0 Å². The van der Waals surface area contributed by atoms with Crippen LogP contribution in [0.2, 0.25) is 0 Å². The normalized spacial score (nSPS) is 20.1. The van der Waals surface area contributed by atoms with E-state index in [0.29, 0.717) is 12.1 Å². The lowest BCUT2D eigenvalue weighted by molar-refractivity contribution is 0.0832. The number of hydrogen-bond acceptors (Lipinski definition) is 5. The molecule has 0 aliphatic carbocycles.